The van der Waals surface area contributed by atoms with Crippen LogP contribution in [0.2, 0.25) is 0 Å². The Morgan fingerprint density at radius 2 is 1.43 bits per heavy atom. The number of benzene rings is 1. The van der Waals surface area contributed by atoms with E-state index >= 15 is 0 Å². The number of likely N-dealkylation sites (N-methyl/N-ethyl adjacent to an activating group) is 1. The van der Waals surface area contributed by atoms with Crippen molar-refractivity contribution in [3.05, 3.63) is 29.8 Å². The summed E-state index contributed by atoms with van der Waals surface area (Å²) in [6.07, 6.45) is -1.10. The Kier molecular flexibility index (Phi) is 12.9. The molecule has 1 aromatic carbocycles. The molecule has 0 spiro atoms. The molecule has 2 atom stereocenters. The number of carbonyl (C=O) groups is 2. The predicted octanol–water partition coefficient (Wildman–Crippen LogP) is 2.15. The minimum Gasteiger partial charge on any atom is -0.379 e. The first-order valence-corrected chi connectivity index (χ1v) is 10.4. The minimum atomic E-state index is -0.557. The molecule has 0 radical (unpaired) electrons. The summed E-state index contributed by atoms with van der Waals surface area (Å²) in [5.41, 5.74) is 1.68. The van der Waals surface area contributed by atoms with Crippen LogP contribution in [0.5, 0.6) is 0 Å². The fourth-order valence-corrected chi connectivity index (χ4v) is 2.57. The molecule has 8 nitrogen and oxygen atoms in total. The van der Waals surface area contributed by atoms with Crippen LogP contribution in [0.1, 0.15) is 33.3 Å². The van der Waals surface area contributed by atoms with E-state index < -0.39 is 12.2 Å². The molecule has 0 aliphatic rings. The lowest BCUT2D eigenvalue weighted by Gasteiger charge is -2.22. The summed E-state index contributed by atoms with van der Waals surface area (Å²) >= 11 is 0. The van der Waals surface area contributed by atoms with Gasteiger partial charge in [0.15, 0.2) is 0 Å². The van der Waals surface area contributed by atoms with Crippen molar-refractivity contribution in [1.29, 1.82) is 0 Å². The van der Waals surface area contributed by atoms with Crippen LogP contribution in [-0.4, -0.2) is 70.7 Å². The Balaban J connectivity index is 2.44. The van der Waals surface area contributed by atoms with Gasteiger partial charge in [0.25, 0.3) is 5.91 Å². The highest BCUT2D eigenvalue weighted by atomic mass is 16.5. The average molecular weight is 425 g/mol. The van der Waals surface area contributed by atoms with Gasteiger partial charge in [-0.3, -0.25) is 9.59 Å². The van der Waals surface area contributed by atoms with Crippen LogP contribution >= 0.6 is 0 Å². The molecule has 170 valence electrons. The lowest BCUT2D eigenvalue weighted by molar-refractivity contribution is -0.132. The molecule has 0 aliphatic carbocycles. The molecule has 0 saturated heterocycles. The fourth-order valence-electron chi connectivity index (χ4n) is 2.57. The van der Waals surface area contributed by atoms with E-state index in [0.717, 1.165) is 11.3 Å². The van der Waals surface area contributed by atoms with E-state index in [-0.39, 0.29) is 11.8 Å². The zero-order valence-corrected chi connectivity index (χ0v) is 18.8. The first kappa shape index (κ1) is 26.0. The Labute approximate surface area is 179 Å². The van der Waals surface area contributed by atoms with Gasteiger partial charge in [-0.25, -0.2) is 0 Å². The topological polar surface area (TPSA) is 86.3 Å². The number of carbonyl (C=O) groups excluding carboxylic acids is 2. The molecule has 0 saturated carbocycles. The molecule has 0 unspecified atom stereocenters. The number of anilines is 1. The zero-order chi connectivity index (χ0) is 22.4. The molecular formula is C22H36N2O6. The summed E-state index contributed by atoms with van der Waals surface area (Å²) in [5.74, 6) is -0.313. The van der Waals surface area contributed by atoms with E-state index in [1.165, 1.54) is 0 Å². The summed E-state index contributed by atoms with van der Waals surface area (Å²) in [4.78, 5) is 26.1. The van der Waals surface area contributed by atoms with Gasteiger partial charge in [0.1, 0.15) is 12.2 Å². The van der Waals surface area contributed by atoms with E-state index in [1.54, 1.807) is 25.8 Å². The summed E-state index contributed by atoms with van der Waals surface area (Å²) in [7, 11) is 1.71. The van der Waals surface area contributed by atoms with Crippen molar-refractivity contribution in [3.8, 4) is 0 Å². The number of amides is 2. The third-order valence-corrected chi connectivity index (χ3v) is 4.44. The smallest absolute Gasteiger partial charge is 0.255 e. The molecule has 1 aromatic rings. The number of nitrogens with zero attached hydrogens (tertiary/aromatic N) is 1. The molecule has 0 heterocycles. The van der Waals surface area contributed by atoms with Crippen molar-refractivity contribution in [3.63, 3.8) is 0 Å². The molecule has 2 amide bonds. The van der Waals surface area contributed by atoms with Crippen molar-refractivity contribution in [1.82, 2.24) is 5.32 Å². The quantitative estimate of drug-likeness (QED) is 0.434. The van der Waals surface area contributed by atoms with Gasteiger partial charge in [0.05, 0.1) is 26.4 Å². The molecule has 0 aliphatic heterocycles. The average Bonchev–Trinajstić information content (AvgIpc) is 2.77. The van der Waals surface area contributed by atoms with Gasteiger partial charge in [-0.15, -0.1) is 0 Å². The standard InChI is InChI=1S/C22H36N2O6/c1-6-27-12-14-29-17(3)21(25)23-16-19-8-10-20(11-9-19)24(5)22(26)18(4)30-15-13-28-7-2/h8-11,17-18H,6-7,12-16H2,1-5H3,(H,23,25)/t17-,18-/m0/s1. The maximum atomic E-state index is 12.5. The van der Waals surface area contributed by atoms with Crippen molar-refractivity contribution in [2.24, 2.45) is 0 Å². The molecule has 1 rings (SSSR count). The van der Waals surface area contributed by atoms with E-state index in [4.69, 9.17) is 18.9 Å². The van der Waals surface area contributed by atoms with Gasteiger partial charge in [0, 0.05) is 32.5 Å². The maximum Gasteiger partial charge on any atom is 0.255 e. The van der Waals surface area contributed by atoms with Crippen LogP contribution in [0.15, 0.2) is 24.3 Å². The number of hydrogen-bond acceptors (Lipinski definition) is 6. The van der Waals surface area contributed by atoms with E-state index in [1.807, 2.05) is 38.1 Å². The molecule has 0 fully saturated rings. The maximum absolute atomic E-state index is 12.5. The number of nitrogens with one attached hydrogen (secondary N) is 1. The monoisotopic (exact) mass is 424 g/mol. The summed E-state index contributed by atoms with van der Waals surface area (Å²) in [6.45, 7) is 10.6. The van der Waals surface area contributed by atoms with Crippen molar-refractivity contribution in [2.45, 2.75) is 46.4 Å². The Morgan fingerprint density at radius 3 is 1.97 bits per heavy atom. The summed E-state index contributed by atoms with van der Waals surface area (Å²) in [6, 6.07) is 7.43. The van der Waals surface area contributed by atoms with Crippen molar-refractivity contribution < 1.29 is 28.5 Å². The molecule has 0 aromatic heterocycles. The molecule has 8 heteroatoms. The SMILES string of the molecule is CCOCCO[C@@H](C)C(=O)NCc1ccc(N(C)C(=O)[C@H](C)OCCOCC)cc1. The summed E-state index contributed by atoms with van der Waals surface area (Å²) in [5, 5.41) is 2.85. The van der Waals surface area contributed by atoms with Gasteiger partial charge in [-0.2, -0.15) is 0 Å². The lowest BCUT2D eigenvalue weighted by atomic mass is 10.2. The predicted molar refractivity (Wildman–Crippen MR) is 116 cm³/mol. The highest BCUT2D eigenvalue weighted by Crippen LogP contribution is 2.15. The fraction of sp³-hybridized carbons (Fsp3) is 0.636. The highest BCUT2D eigenvalue weighted by Gasteiger charge is 2.19. The van der Waals surface area contributed by atoms with Crippen LogP contribution < -0.4 is 10.2 Å². The van der Waals surface area contributed by atoms with Gasteiger partial charge < -0.3 is 29.2 Å². The number of rotatable bonds is 15. The van der Waals surface area contributed by atoms with E-state index in [0.29, 0.717) is 46.2 Å². The van der Waals surface area contributed by atoms with E-state index in [9.17, 15) is 9.59 Å². The first-order valence-electron chi connectivity index (χ1n) is 10.4. The highest BCUT2D eigenvalue weighted by molar-refractivity contribution is 5.95. The van der Waals surface area contributed by atoms with Crippen LogP contribution in [0.3, 0.4) is 0 Å². The lowest BCUT2D eigenvalue weighted by Crippen LogP contribution is -2.37. The minimum absolute atomic E-state index is 0.134. The van der Waals surface area contributed by atoms with Crippen molar-refractivity contribution in [2.75, 3.05) is 51.6 Å². The molecule has 30 heavy (non-hydrogen) atoms. The van der Waals surface area contributed by atoms with Crippen LogP contribution in [-0.2, 0) is 35.1 Å². The number of ether oxygens (including phenoxy) is 4. The second-order valence-electron chi connectivity index (χ2n) is 6.70. The Bertz CT molecular complexity index is 623. The Morgan fingerprint density at radius 1 is 0.900 bits per heavy atom. The molecular weight excluding hydrogens is 388 g/mol. The largest absolute Gasteiger partial charge is 0.379 e. The second kappa shape index (κ2) is 14.9. The van der Waals surface area contributed by atoms with E-state index in [2.05, 4.69) is 5.32 Å². The zero-order valence-electron chi connectivity index (χ0n) is 18.8. The normalized spacial score (nSPS) is 13.0. The van der Waals surface area contributed by atoms with Crippen LogP contribution in [0.25, 0.3) is 0 Å². The Hall–Kier alpha value is -2.00. The number of hydrogen-bond donors (Lipinski definition) is 1. The van der Waals surface area contributed by atoms with Gasteiger partial charge in [-0.1, -0.05) is 12.1 Å². The van der Waals surface area contributed by atoms with Crippen LogP contribution in [0.4, 0.5) is 5.69 Å². The van der Waals surface area contributed by atoms with Gasteiger partial charge in [-0.05, 0) is 45.4 Å². The molecule has 0 bridgehead atoms. The van der Waals surface area contributed by atoms with Crippen molar-refractivity contribution >= 4 is 17.5 Å². The first-order chi connectivity index (χ1) is 14.4. The third kappa shape index (κ3) is 9.67. The second-order valence-corrected chi connectivity index (χ2v) is 6.70. The molecule has 1 N–H and O–H groups in total. The van der Waals surface area contributed by atoms with Crippen LogP contribution in [0, 0.1) is 0 Å². The summed E-state index contributed by atoms with van der Waals surface area (Å²) < 4.78 is 21.3. The third-order valence-electron chi connectivity index (χ3n) is 4.44. The van der Waals surface area contributed by atoms with Gasteiger partial charge in [0.2, 0.25) is 5.91 Å². The van der Waals surface area contributed by atoms with Gasteiger partial charge >= 0.3 is 0 Å².